The molecule has 1 aliphatic rings. The molecule has 3 rings (SSSR count). The van der Waals surface area contributed by atoms with Crippen LogP contribution in [0.25, 0.3) is 10.9 Å². The van der Waals surface area contributed by atoms with Gasteiger partial charge in [-0.2, -0.15) is 5.10 Å². The highest BCUT2D eigenvalue weighted by molar-refractivity contribution is 5.79. The maximum atomic E-state index is 13.6. The number of alkyl halides is 1. The number of ether oxygens (including phenoxy) is 1. The van der Waals surface area contributed by atoms with Gasteiger partial charge in [0.25, 0.3) is 0 Å². The van der Waals surface area contributed by atoms with Crippen LogP contribution >= 0.6 is 0 Å². The zero-order chi connectivity index (χ0) is 11.7. The Bertz CT molecular complexity index is 513. The molecule has 1 aliphatic heterocycles. The molecule has 5 heteroatoms. The number of aromatic nitrogens is 2. The predicted molar refractivity (Wildman–Crippen MR) is 62.9 cm³/mol. The smallest absolute Gasteiger partial charge is 0.149 e. The quantitative estimate of drug-likeness (QED) is 0.832. The maximum absolute atomic E-state index is 13.6. The summed E-state index contributed by atoms with van der Waals surface area (Å²) >= 11 is 0. The lowest BCUT2D eigenvalue weighted by atomic mass is 10.1. The van der Waals surface area contributed by atoms with Crippen molar-refractivity contribution in [2.45, 2.75) is 18.7 Å². The van der Waals surface area contributed by atoms with E-state index in [1.807, 2.05) is 18.2 Å². The van der Waals surface area contributed by atoms with Gasteiger partial charge in [0, 0.05) is 11.9 Å². The molecule has 0 radical (unpaired) electrons. The molecule has 0 unspecified atom stereocenters. The van der Waals surface area contributed by atoms with Crippen molar-refractivity contribution < 1.29 is 9.13 Å². The Morgan fingerprint density at radius 1 is 1.41 bits per heavy atom. The molecule has 0 aliphatic carbocycles. The average Bonchev–Trinajstić information content (AvgIpc) is 2.79. The van der Waals surface area contributed by atoms with Gasteiger partial charge in [-0.15, -0.1) is 0 Å². The summed E-state index contributed by atoms with van der Waals surface area (Å²) in [6.45, 7) is 1.18. The van der Waals surface area contributed by atoms with Gasteiger partial charge in [-0.25, -0.2) is 4.39 Å². The molecule has 0 saturated carbocycles. The van der Waals surface area contributed by atoms with E-state index >= 15 is 0 Å². The Hall–Kier alpha value is -1.62. The molecule has 0 bridgehead atoms. The van der Waals surface area contributed by atoms with Crippen molar-refractivity contribution in [2.24, 2.45) is 0 Å². The molecular weight excluding hydrogens is 221 g/mol. The van der Waals surface area contributed by atoms with Crippen LogP contribution in [0.15, 0.2) is 24.4 Å². The first kappa shape index (κ1) is 10.5. The Balaban J connectivity index is 1.79. The molecule has 1 saturated heterocycles. The molecule has 2 atom stereocenters. The number of benzene rings is 1. The summed E-state index contributed by atoms with van der Waals surface area (Å²) in [4.78, 5) is 0. The van der Waals surface area contributed by atoms with Crippen LogP contribution in [0, 0.1) is 0 Å². The van der Waals surface area contributed by atoms with Crippen molar-refractivity contribution in [3.05, 3.63) is 24.4 Å². The summed E-state index contributed by atoms with van der Waals surface area (Å²) in [6, 6.07) is 5.62. The minimum atomic E-state index is -0.941. The number of rotatable bonds is 2. The Morgan fingerprint density at radius 3 is 3.24 bits per heavy atom. The van der Waals surface area contributed by atoms with Crippen LogP contribution < -0.4 is 10.1 Å². The molecule has 1 aromatic carbocycles. The number of hydrogen-bond donors (Lipinski definition) is 2. The summed E-state index contributed by atoms with van der Waals surface area (Å²) in [6.07, 6.45) is 1.15. The first-order valence-electron chi connectivity index (χ1n) is 5.77. The lowest BCUT2D eigenvalue weighted by Gasteiger charge is -2.27. The second-order valence-electron chi connectivity index (χ2n) is 4.28. The molecule has 4 nitrogen and oxygen atoms in total. The molecule has 2 N–H and O–H groups in total. The summed E-state index contributed by atoms with van der Waals surface area (Å²) in [7, 11) is 0. The number of aromatic amines is 1. The number of hydrogen-bond acceptors (Lipinski definition) is 3. The van der Waals surface area contributed by atoms with Crippen LogP contribution in [0.1, 0.15) is 6.42 Å². The monoisotopic (exact) mass is 235 g/mol. The second kappa shape index (κ2) is 4.33. The molecule has 17 heavy (non-hydrogen) atoms. The van der Waals surface area contributed by atoms with Gasteiger partial charge in [0.15, 0.2) is 0 Å². The molecule has 2 aromatic rings. The first-order valence-corrected chi connectivity index (χ1v) is 5.77. The Kier molecular flexibility index (Phi) is 2.68. The number of halogens is 1. The van der Waals surface area contributed by atoms with Gasteiger partial charge in [-0.05, 0) is 31.2 Å². The van der Waals surface area contributed by atoms with Gasteiger partial charge < -0.3 is 10.1 Å². The van der Waals surface area contributed by atoms with E-state index in [0.717, 1.165) is 17.4 Å². The Morgan fingerprint density at radius 2 is 2.35 bits per heavy atom. The third kappa shape index (κ3) is 2.10. The Labute approximate surface area is 98.2 Å². The molecule has 2 heterocycles. The second-order valence-corrected chi connectivity index (χ2v) is 4.28. The molecular formula is C12H14FN3O. The van der Waals surface area contributed by atoms with Gasteiger partial charge in [-0.1, -0.05) is 0 Å². The highest BCUT2D eigenvalue weighted by Crippen LogP contribution is 2.22. The molecule has 1 fully saturated rings. The SMILES string of the molecule is F[C@H]1CNCC[C@H]1Oc1ccc2[nH]ncc2c1. The van der Waals surface area contributed by atoms with Crippen LogP contribution in [0.2, 0.25) is 0 Å². The fourth-order valence-corrected chi connectivity index (χ4v) is 2.10. The van der Waals surface area contributed by atoms with E-state index < -0.39 is 6.17 Å². The highest BCUT2D eigenvalue weighted by atomic mass is 19.1. The number of H-pyrrole nitrogens is 1. The van der Waals surface area contributed by atoms with Gasteiger partial charge >= 0.3 is 0 Å². The highest BCUT2D eigenvalue weighted by Gasteiger charge is 2.26. The minimum Gasteiger partial charge on any atom is -0.487 e. The lowest BCUT2D eigenvalue weighted by molar-refractivity contribution is 0.0733. The maximum Gasteiger partial charge on any atom is 0.149 e. The normalized spacial score (nSPS) is 25.0. The predicted octanol–water partition coefficient (Wildman–Crippen LogP) is 1.64. The zero-order valence-electron chi connectivity index (χ0n) is 9.32. The summed E-state index contributed by atoms with van der Waals surface area (Å²) in [5.74, 6) is 0.702. The van der Waals surface area contributed by atoms with E-state index in [-0.39, 0.29) is 6.10 Å². The van der Waals surface area contributed by atoms with E-state index in [2.05, 4.69) is 15.5 Å². The van der Waals surface area contributed by atoms with Gasteiger partial charge in [0.05, 0.1) is 11.7 Å². The molecule has 0 spiro atoms. The first-order chi connectivity index (χ1) is 8.33. The van der Waals surface area contributed by atoms with E-state index in [0.29, 0.717) is 18.7 Å². The summed E-state index contributed by atoms with van der Waals surface area (Å²) < 4.78 is 19.3. The van der Waals surface area contributed by atoms with Crippen LogP contribution in [0.3, 0.4) is 0 Å². The van der Waals surface area contributed by atoms with E-state index in [4.69, 9.17) is 4.74 Å². The van der Waals surface area contributed by atoms with Crippen LogP contribution in [-0.4, -0.2) is 35.6 Å². The molecule has 0 amide bonds. The van der Waals surface area contributed by atoms with Crippen LogP contribution in [0.5, 0.6) is 5.75 Å². The van der Waals surface area contributed by atoms with Crippen molar-refractivity contribution in [2.75, 3.05) is 13.1 Å². The van der Waals surface area contributed by atoms with Gasteiger partial charge in [0.2, 0.25) is 0 Å². The summed E-state index contributed by atoms with van der Waals surface area (Å²) in [5, 5.41) is 10.8. The lowest BCUT2D eigenvalue weighted by Crippen LogP contribution is -2.44. The van der Waals surface area contributed by atoms with E-state index in [1.165, 1.54) is 0 Å². The number of fused-ring (bicyclic) bond motifs is 1. The van der Waals surface area contributed by atoms with Gasteiger partial charge in [0.1, 0.15) is 18.0 Å². The summed E-state index contributed by atoms with van der Waals surface area (Å²) in [5.41, 5.74) is 0.958. The topological polar surface area (TPSA) is 49.9 Å². The zero-order valence-corrected chi connectivity index (χ0v) is 9.32. The number of piperidine rings is 1. The van der Waals surface area contributed by atoms with Crippen molar-refractivity contribution in [3.8, 4) is 5.75 Å². The fourth-order valence-electron chi connectivity index (χ4n) is 2.10. The van der Waals surface area contributed by atoms with E-state index in [9.17, 15) is 4.39 Å². The van der Waals surface area contributed by atoms with Crippen molar-refractivity contribution in [3.63, 3.8) is 0 Å². The standard InChI is InChI=1S/C12H14FN3O/c13-10-7-14-4-3-12(10)17-9-1-2-11-8(5-9)6-15-16-11/h1-2,5-6,10,12,14H,3-4,7H2,(H,15,16)/t10-,12+/m0/s1. The third-order valence-corrected chi connectivity index (χ3v) is 3.05. The minimum absolute atomic E-state index is 0.347. The third-order valence-electron chi connectivity index (χ3n) is 3.05. The van der Waals surface area contributed by atoms with E-state index in [1.54, 1.807) is 6.20 Å². The van der Waals surface area contributed by atoms with Crippen LogP contribution in [-0.2, 0) is 0 Å². The fraction of sp³-hybridized carbons (Fsp3) is 0.417. The largest absolute Gasteiger partial charge is 0.487 e. The molecule has 1 aromatic heterocycles. The van der Waals surface area contributed by atoms with Crippen molar-refractivity contribution in [1.82, 2.24) is 15.5 Å². The number of nitrogens with one attached hydrogen (secondary N) is 2. The van der Waals surface area contributed by atoms with Crippen molar-refractivity contribution >= 4 is 10.9 Å². The van der Waals surface area contributed by atoms with Crippen molar-refractivity contribution in [1.29, 1.82) is 0 Å². The average molecular weight is 235 g/mol. The number of nitrogens with zero attached hydrogens (tertiary/aromatic N) is 1. The van der Waals surface area contributed by atoms with Crippen LogP contribution in [0.4, 0.5) is 4.39 Å². The molecule has 90 valence electrons. The van der Waals surface area contributed by atoms with Gasteiger partial charge in [-0.3, -0.25) is 5.10 Å².